The number of benzene rings is 2. The highest BCUT2D eigenvalue weighted by molar-refractivity contribution is 6.31. The first-order chi connectivity index (χ1) is 8.65. The van der Waals surface area contributed by atoms with E-state index in [1.165, 1.54) is 0 Å². The van der Waals surface area contributed by atoms with Gasteiger partial charge in [0.05, 0.1) is 19.2 Å². The number of rotatable bonds is 4. The zero-order valence-electron chi connectivity index (χ0n) is 10.3. The van der Waals surface area contributed by atoms with Crippen molar-refractivity contribution in [2.24, 2.45) is 0 Å². The first kappa shape index (κ1) is 12.9. The number of likely N-dealkylation sites (N-methyl/N-ethyl adjacent to an activating group) is 1. The Hall–Kier alpha value is -1.58. The fraction of sp³-hybridized carbons (Fsp3) is 0.214. The van der Waals surface area contributed by atoms with Crippen LogP contribution in [0.25, 0.3) is 10.8 Å². The highest BCUT2D eigenvalue weighted by Gasteiger charge is 2.12. The van der Waals surface area contributed by atoms with Gasteiger partial charge in [0.1, 0.15) is 5.75 Å². The second-order valence-corrected chi connectivity index (χ2v) is 4.43. The molecule has 0 heterocycles. The summed E-state index contributed by atoms with van der Waals surface area (Å²) >= 11 is 5.96. The highest BCUT2D eigenvalue weighted by Crippen LogP contribution is 2.28. The van der Waals surface area contributed by atoms with Gasteiger partial charge in [-0.15, -0.1) is 0 Å². The molecule has 0 aliphatic rings. The molecule has 4 heteroatoms. The molecule has 0 aromatic heterocycles. The smallest absolute Gasteiger partial charge is 0.180 e. The molecule has 2 aromatic rings. The van der Waals surface area contributed by atoms with Crippen LogP contribution >= 0.6 is 11.6 Å². The maximum atomic E-state index is 12.0. The first-order valence-corrected chi connectivity index (χ1v) is 5.98. The molecule has 94 valence electrons. The van der Waals surface area contributed by atoms with Crippen molar-refractivity contribution in [3.8, 4) is 5.75 Å². The molecule has 0 saturated carbocycles. The molecular formula is C14H14ClNO2. The lowest BCUT2D eigenvalue weighted by atomic mass is 10.0. The van der Waals surface area contributed by atoms with Gasteiger partial charge in [-0.25, -0.2) is 0 Å². The molecule has 3 nitrogen and oxygen atoms in total. The topological polar surface area (TPSA) is 38.3 Å². The molecule has 0 radical (unpaired) electrons. The number of carbonyl (C=O) groups excluding carboxylic acids is 1. The van der Waals surface area contributed by atoms with Gasteiger partial charge < -0.3 is 10.1 Å². The van der Waals surface area contributed by atoms with Crippen LogP contribution in [0.1, 0.15) is 10.4 Å². The molecule has 0 aliphatic carbocycles. The quantitative estimate of drug-likeness (QED) is 0.862. The minimum Gasteiger partial charge on any atom is -0.496 e. The van der Waals surface area contributed by atoms with Gasteiger partial charge in [0.25, 0.3) is 0 Å². The summed E-state index contributed by atoms with van der Waals surface area (Å²) in [5.41, 5.74) is 0.571. The predicted molar refractivity (Wildman–Crippen MR) is 73.8 cm³/mol. The van der Waals surface area contributed by atoms with E-state index in [2.05, 4.69) is 5.32 Å². The van der Waals surface area contributed by atoms with E-state index in [1.807, 2.05) is 30.3 Å². The molecule has 1 N–H and O–H groups in total. The van der Waals surface area contributed by atoms with Crippen LogP contribution in [0.4, 0.5) is 0 Å². The molecule has 2 rings (SSSR count). The normalized spacial score (nSPS) is 10.6. The Labute approximate surface area is 111 Å². The summed E-state index contributed by atoms with van der Waals surface area (Å²) in [6, 6.07) is 9.24. The lowest BCUT2D eigenvalue weighted by Crippen LogP contribution is -2.19. The van der Waals surface area contributed by atoms with Gasteiger partial charge in [-0.3, -0.25) is 4.79 Å². The van der Waals surface area contributed by atoms with Crippen molar-refractivity contribution in [3.63, 3.8) is 0 Å². The van der Waals surface area contributed by atoms with Gasteiger partial charge in [0.15, 0.2) is 5.78 Å². The largest absolute Gasteiger partial charge is 0.496 e. The lowest BCUT2D eigenvalue weighted by Gasteiger charge is -2.09. The monoisotopic (exact) mass is 263 g/mol. The number of methoxy groups -OCH3 is 1. The van der Waals surface area contributed by atoms with E-state index in [1.54, 1.807) is 14.2 Å². The van der Waals surface area contributed by atoms with Crippen molar-refractivity contribution in [1.82, 2.24) is 5.32 Å². The molecule has 0 spiro atoms. The first-order valence-electron chi connectivity index (χ1n) is 5.61. The summed E-state index contributed by atoms with van der Waals surface area (Å²) in [6.07, 6.45) is 0. The third-order valence-electron chi connectivity index (χ3n) is 2.76. The van der Waals surface area contributed by atoms with Gasteiger partial charge in [-0.1, -0.05) is 17.7 Å². The van der Waals surface area contributed by atoms with E-state index in [0.717, 1.165) is 10.8 Å². The van der Waals surface area contributed by atoms with Gasteiger partial charge >= 0.3 is 0 Å². The van der Waals surface area contributed by atoms with E-state index in [4.69, 9.17) is 16.3 Å². The summed E-state index contributed by atoms with van der Waals surface area (Å²) in [5, 5.41) is 5.43. The third-order valence-corrected chi connectivity index (χ3v) is 2.99. The maximum Gasteiger partial charge on any atom is 0.180 e. The van der Waals surface area contributed by atoms with Crippen molar-refractivity contribution in [2.75, 3.05) is 20.7 Å². The Morgan fingerprint density at radius 1 is 1.28 bits per heavy atom. The summed E-state index contributed by atoms with van der Waals surface area (Å²) in [5.74, 6) is 0.585. The molecule has 0 aliphatic heterocycles. The number of fused-ring (bicyclic) bond motifs is 1. The van der Waals surface area contributed by atoms with E-state index in [0.29, 0.717) is 16.3 Å². The second-order valence-electron chi connectivity index (χ2n) is 4.00. The third kappa shape index (κ3) is 2.47. The van der Waals surface area contributed by atoms with Gasteiger partial charge in [-0.2, -0.15) is 0 Å². The number of Topliss-reactive ketones (excluding diaryl/α,β-unsaturated/α-hetero) is 1. The molecule has 0 fully saturated rings. The molecule has 0 amide bonds. The van der Waals surface area contributed by atoms with E-state index < -0.39 is 0 Å². The SMILES string of the molecule is CNCC(=O)c1cc2cc(Cl)ccc2cc1OC. The van der Waals surface area contributed by atoms with Crippen molar-refractivity contribution < 1.29 is 9.53 Å². The lowest BCUT2D eigenvalue weighted by molar-refractivity contribution is 0.0991. The summed E-state index contributed by atoms with van der Waals surface area (Å²) in [4.78, 5) is 12.0. The molecule has 0 saturated heterocycles. The van der Waals surface area contributed by atoms with Gasteiger partial charge in [0, 0.05) is 5.02 Å². The minimum atomic E-state index is -0.00349. The van der Waals surface area contributed by atoms with E-state index in [-0.39, 0.29) is 12.3 Å². The zero-order valence-corrected chi connectivity index (χ0v) is 11.0. The van der Waals surface area contributed by atoms with Crippen LogP contribution in [0.2, 0.25) is 5.02 Å². The van der Waals surface area contributed by atoms with Crippen molar-refractivity contribution in [3.05, 3.63) is 40.9 Å². The summed E-state index contributed by atoms with van der Waals surface area (Å²) < 4.78 is 5.27. The van der Waals surface area contributed by atoms with Crippen molar-refractivity contribution in [1.29, 1.82) is 0 Å². The summed E-state index contributed by atoms with van der Waals surface area (Å²) in [7, 11) is 3.30. The van der Waals surface area contributed by atoms with Crippen LogP contribution in [-0.4, -0.2) is 26.5 Å². The Morgan fingerprint density at radius 2 is 2.06 bits per heavy atom. The van der Waals surface area contributed by atoms with Gasteiger partial charge in [-0.05, 0) is 42.1 Å². The van der Waals surface area contributed by atoms with Crippen LogP contribution < -0.4 is 10.1 Å². The number of hydrogen-bond donors (Lipinski definition) is 1. The average Bonchev–Trinajstić information content (AvgIpc) is 2.37. The van der Waals surface area contributed by atoms with Crippen molar-refractivity contribution in [2.45, 2.75) is 0 Å². The standard InChI is InChI=1S/C14H14ClNO2/c1-16-8-13(17)12-6-10-5-11(15)4-3-9(10)7-14(12)18-2/h3-7,16H,8H2,1-2H3. The fourth-order valence-electron chi connectivity index (χ4n) is 1.89. The predicted octanol–water partition coefficient (Wildman–Crippen LogP) is 2.90. The Kier molecular flexibility index (Phi) is 3.84. The van der Waals surface area contributed by atoms with Crippen LogP contribution in [0.5, 0.6) is 5.75 Å². The van der Waals surface area contributed by atoms with Crippen LogP contribution in [0.3, 0.4) is 0 Å². The summed E-state index contributed by atoms with van der Waals surface area (Å²) in [6.45, 7) is 0.280. The molecule has 0 unspecified atom stereocenters. The van der Waals surface area contributed by atoms with Crippen LogP contribution in [-0.2, 0) is 0 Å². The second kappa shape index (κ2) is 5.38. The number of halogens is 1. The molecule has 18 heavy (non-hydrogen) atoms. The minimum absolute atomic E-state index is 0.00349. The van der Waals surface area contributed by atoms with Crippen LogP contribution in [0.15, 0.2) is 30.3 Å². The molecular weight excluding hydrogens is 250 g/mol. The number of ether oxygens (including phenoxy) is 1. The van der Waals surface area contributed by atoms with Crippen LogP contribution in [0, 0.1) is 0 Å². The Bertz CT molecular complexity index is 596. The molecule has 0 atom stereocenters. The number of nitrogens with one attached hydrogen (secondary N) is 1. The Balaban J connectivity index is 2.60. The average molecular weight is 264 g/mol. The zero-order chi connectivity index (χ0) is 13.1. The number of carbonyl (C=O) groups is 1. The number of hydrogen-bond acceptors (Lipinski definition) is 3. The number of ketones is 1. The van der Waals surface area contributed by atoms with E-state index >= 15 is 0 Å². The Morgan fingerprint density at radius 3 is 2.72 bits per heavy atom. The molecule has 0 bridgehead atoms. The van der Waals surface area contributed by atoms with Crippen molar-refractivity contribution >= 4 is 28.2 Å². The maximum absolute atomic E-state index is 12.0. The highest BCUT2D eigenvalue weighted by atomic mass is 35.5. The molecule has 2 aromatic carbocycles. The fourth-order valence-corrected chi connectivity index (χ4v) is 2.07. The van der Waals surface area contributed by atoms with Gasteiger partial charge in [0.2, 0.25) is 0 Å². The van der Waals surface area contributed by atoms with E-state index in [9.17, 15) is 4.79 Å².